The molecule has 0 radical (unpaired) electrons. The van der Waals surface area contributed by atoms with Crippen molar-refractivity contribution < 1.29 is 4.74 Å². The van der Waals surface area contributed by atoms with Gasteiger partial charge in [-0.2, -0.15) is 0 Å². The number of ether oxygens (including phenoxy) is 1. The van der Waals surface area contributed by atoms with Crippen molar-refractivity contribution in [2.75, 3.05) is 44.7 Å². The van der Waals surface area contributed by atoms with Gasteiger partial charge in [-0.15, -0.1) is 0 Å². The smallest absolute Gasteiger partial charge is 0.137 e. The zero-order valence-corrected chi connectivity index (χ0v) is 16.7. The highest BCUT2D eigenvalue weighted by Crippen LogP contribution is 2.31. The molecule has 0 saturated carbocycles. The van der Waals surface area contributed by atoms with Gasteiger partial charge < -0.3 is 14.5 Å². The molecule has 4 rings (SSSR count). The monoisotopic (exact) mass is 373 g/mol. The first-order valence-electron chi connectivity index (χ1n) is 9.90. The third-order valence-electron chi connectivity index (χ3n) is 5.59. The molecule has 0 atom stereocenters. The number of pyridine rings is 1. The molecule has 4 nitrogen and oxygen atoms in total. The van der Waals surface area contributed by atoms with Crippen molar-refractivity contribution in [1.82, 2.24) is 9.88 Å². The van der Waals surface area contributed by atoms with E-state index in [2.05, 4.69) is 53.6 Å². The number of likely N-dealkylation sites (N-methyl/N-ethyl adjacent to an activating group) is 1. The maximum Gasteiger partial charge on any atom is 0.137 e. The van der Waals surface area contributed by atoms with E-state index in [4.69, 9.17) is 9.72 Å². The Bertz CT molecular complexity index is 973. The normalized spacial score (nSPS) is 15.0. The number of hydrogen-bond donors (Lipinski definition) is 0. The van der Waals surface area contributed by atoms with E-state index >= 15 is 0 Å². The van der Waals surface area contributed by atoms with Gasteiger partial charge in [-0.05, 0) is 35.7 Å². The molecule has 0 spiro atoms. The lowest BCUT2D eigenvalue weighted by Crippen LogP contribution is -2.46. The highest BCUT2D eigenvalue weighted by atomic mass is 16.5. The molecule has 1 aliphatic rings. The zero-order chi connectivity index (χ0) is 19.5. The van der Waals surface area contributed by atoms with Gasteiger partial charge in [-0.3, -0.25) is 0 Å². The second kappa shape index (κ2) is 8.03. The van der Waals surface area contributed by atoms with Crippen molar-refractivity contribution in [2.45, 2.75) is 6.92 Å². The van der Waals surface area contributed by atoms with Crippen LogP contribution in [0.3, 0.4) is 0 Å². The summed E-state index contributed by atoms with van der Waals surface area (Å²) in [5, 5.41) is 2.41. The first kappa shape index (κ1) is 18.5. The van der Waals surface area contributed by atoms with Gasteiger partial charge in [0.1, 0.15) is 11.6 Å². The Hall–Kier alpha value is -2.85. The van der Waals surface area contributed by atoms with Crippen molar-refractivity contribution >= 4 is 22.2 Å². The van der Waals surface area contributed by atoms with Crippen molar-refractivity contribution in [3.63, 3.8) is 0 Å². The molecule has 0 unspecified atom stereocenters. The molecule has 2 heterocycles. The molecule has 0 amide bonds. The van der Waals surface area contributed by atoms with Gasteiger partial charge in [0.25, 0.3) is 0 Å². The third-order valence-corrected chi connectivity index (χ3v) is 5.59. The van der Waals surface area contributed by atoms with Crippen molar-refractivity contribution in [1.29, 1.82) is 0 Å². The molecule has 1 saturated heterocycles. The summed E-state index contributed by atoms with van der Waals surface area (Å²) < 4.78 is 5.27. The van der Waals surface area contributed by atoms with Crippen LogP contribution >= 0.6 is 0 Å². The number of rotatable bonds is 5. The molecule has 1 fully saturated rings. The van der Waals surface area contributed by atoms with Gasteiger partial charge in [0.15, 0.2) is 0 Å². The van der Waals surface area contributed by atoms with Crippen LogP contribution in [0.2, 0.25) is 0 Å². The van der Waals surface area contributed by atoms with Crippen LogP contribution in [0.4, 0.5) is 5.82 Å². The van der Waals surface area contributed by atoms with Crippen molar-refractivity contribution in [3.8, 4) is 5.75 Å². The van der Waals surface area contributed by atoms with Gasteiger partial charge in [-0.25, -0.2) is 4.98 Å². The summed E-state index contributed by atoms with van der Waals surface area (Å²) in [5.74, 6) is 1.91. The fraction of sp³-hybridized carbons (Fsp3) is 0.292. The second-order valence-corrected chi connectivity index (χ2v) is 7.18. The van der Waals surface area contributed by atoms with Crippen LogP contribution in [0.1, 0.15) is 18.2 Å². The van der Waals surface area contributed by atoms with Crippen LogP contribution in [-0.2, 0) is 0 Å². The van der Waals surface area contributed by atoms with Crippen molar-refractivity contribution in [3.05, 3.63) is 72.4 Å². The molecule has 0 aliphatic carbocycles. The van der Waals surface area contributed by atoms with E-state index in [1.165, 1.54) is 10.8 Å². The summed E-state index contributed by atoms with van der Waals surface area (Å²) in [7, 11) is 1.68. The van der Waals surface area contributed by atoms with Gasteiger partial charge in [-0.1, -0.05) is 49.9 Å². The number of benzene rings is 2. The van der Waals surface area contributed by atoms with Crippen molar-refractivity contribution in [2.24, 2.45) is 0 Å². The largest absolute Gasteiger partial charge is 0.497 e. The standard InChI is InChI=1S/C24H27N3O/c1-4-26-13-15-27(16-14-26)24-22-8-6-5-7-20(22)17-23(25-24)18(2)19-9-11-21(28-3)12-10-19/h5-12,17H,2,4,13-16H2,1,3H3. The highest BCUT2D eigenvalue weighted by molar-refractivity contribution is 5.95. The summed E-state index contributed by atoms with van der Waals surface area (Å²) >= 11 is 0. The number of piperazine rings is 1. The van der Waals surface area contributed by atoms with Gasteiger partial charge in [0.05, 0.1) is 12.8 Å². The maximum absolute atomic E-state index is 5.27. The molecule has 2 aromatic carbocycles. The minimum absolute atomic E-state index is 0.845. The lowest BCUT2D eigenvalue weighted by atomic mass is 10.0. The van der Waals surface area contributed by atoms with E-state index in [1.54, 1.807) is 7.11 Å². The predicted molar refractivity (Wildman–Crippen MR) is 117 cm³/mol. The Morgan fingerprint density at radius 3 is 2.43 bits per heavy atom. The number of nitrogens with zero attached hydrogens (tertiary/aromatic N) is 3. The predicted octanol–water partition coefficient (Wildman–Crippen LogP) is 4.45. The second-order valence-electron chi connectivity index (χ2n) is 7.18. The minimum atomic E-state index is 0.845. The molecule has 28 heavy (non-hydrogen) atoms. The summed E-state index contributed by atoms with van der Waals surface area (Å²) in [6, 6.07) is 18.7. The average Bonchev–Trinajstić information content (AvgIpc) is 2.78. The maximum atomic E-state index is 5.27. The first-order valence-corrected chi connectivity index (χ1v) is 9.90. The van der Waals surface area contributed by atoms with E-state index in [1.807, 2.05) is 24.3 Å². The van der Waals surface area contributed by atoms with E-state index < -0.39 is 0 Å². The minimum Gasteiger partial charge on any atom is -0.497 e. The molecular weight excluding hydrogens is 346 g/mol. The van der Waals surface area contributed by atoms with E-state index in [0.717, 1.165) is 61.1 Å². The fourth-order valence-electron chi connectivity index (χ4n) is 3.79. The molecule has 0 bridgehead atoms. The molecule has 0 N–H and O–H groups in total. The number of hydrogen-bond acceptors (Lipinski definition) is 4. The Kier molecular flexibility index (Phi) is 5.31. The van der Waals surface area contributed by atoms with Crippen LogP contribution in [0, 0.1) is 0 Å². The number of aromatic nitrogens is 1. The number of methoxy groups -OCH3 is 1. The Balaban J connectivity index is 1.72. The molecule has 144 valence electrons. The van der Waals surface area contributed by atoms with Gasteiger partial charge in [0.2, 0.25) is 0 Å². The van der Waals surface area contributed by atoms with E-state index in [-0.39, 0.29) is 0 Å². The third kappa shape index (κ3) is 3.60. The molecule has 3 aromatic rings. The molecular formula is C24H27N3O. The van der Waals surface area contributed by atoms with Gasteiger partial charge >= 0.3 is 0 Å². The summed E-state index contributed by atoms with van der Waals surface area (Å²) in [5.41, 5.74) is 2.92. The molecule has 1 aliphatic heterocycles. The lowest BCUT2D eigenvalue weighted by molar-refractivity contribution is 0.271. The SMILES string of the molecule is C=C(c1ccc(OC)cc1)c1cc2ccccc2c(N2CCN(CC)CC2)n1. The fourth-order valence-corrected chi connectivity index (χ4v) is 3.79. The van der Waals surface area contributed by atoms with E-state index in [9.17, 15) is 0 Å². The Labute approximate surface area is 167 Å². The number of fused-ring (bicyclic) bond motifs is 1. The average molecular weight is 374 g/mol. The van der Waals surface area contributed by atoms with Crippen LogP contribution in [0.5, 0.6) is 5.75 Å². The quantitative estimate of drug-likeness (QED) is 0.661. The highest BCUT2D eigenvalue weighted by Gasteiger charge is 2.20. The van der Waals surface area contributed by atoms with Crippen LogP contribution < -0.4 is 9.64 Å². The lowest BCUT2D eigenvalue weighted by Gasteiger charge is -2.35. The number of anilines is 1. The molecule has 1 aromatic heterocycles. The zero-order valence-electron chi connectivity index (χ0n) is 16.7. The topological polar surface area (TPSA) is 28.6 Å². The van der Waals surface area contributed by atoms with E-state index in [0.29, 0.717) is 0 Å². The van der Waals surface area contributed by atoms with Crippen LogP contribution in [-0.4, -0.2) is 49.7 Å². The summed E-state index contributed by atoms with van der Waals surface area (Å²) in [6.45, 7) is 11.8. The van der Waals surface area contributed by atoms with Crippen LogP contribution in [0.15, 0.2) is 61.2 Å². The Morgan fingerprint density at radius 1 is 1.04 bits per heavy atom. The first-order chi connectivity index (χ1) is 13.7. The Morgan fingerprint density at radius 2 is 1.75 bits per heavy atom. The summed E-state index contributed by atoms with van der Waals surface area (Å²) in [4.78, 5) is 9.97. The summed E-state index contributed by atoms with van der Waals surface area (Å²) in [6.07, 6.45) is 0. The van der Waals surface area contributed by atoms with Gasteiger partial charge in [0, 0.05) is 37.1 Å². The van der Waals surface area contributed by atoms with Crippen LogP contribution in [0.25, 0.3) is 16.3 Å². The molecule has 4 heteroatoms.